The summed E-state index contributed by atoms with van der Waals surface area (Å²) in [6, 6.07) is 72.2. The van der Waals surface area contributed by atoms with Crippen LogP contribution in [0.25, 0.3) is 27.8 Å². The zero-order valence-corrected chi connectivity index (χ0v) is 48.5. The van der Waals surface area contributed by atoms with Crippen LogP contribution in [-0.2, 0) is 33.5 Å². The zero-order valence-electron chi connectivity index (χ0n) is 48.5. The van der Waals surface area contributed by atoms with E-state index >= 15 is 0 Å². The van der Waals surface area contributed by atoms with E-state index < -0.39 is 0 Å². The Morgan fingerprint density at radius 1 is 0.359 bits per heavy atom. The first-order valence-corrected chi connectivity index (χ1v) is 28.5. The van der Waals surface area contributed by atoms with Crippen LogP contribution < -0.4 is 0 Å². The molecule has 0 N–H and O–H groups in total. The van der Waals surface area contributed by atoms with Crippen molar-refractivity contribution in [1.29, 1.82) is 0 Å². The molecule has 0 bridgehead atoms. The van der Waals surface area contributed by atoms with Crippen LogP contribution in [0.1, 0.15) is 162 Å². The first-order chi connectivity index (χ1) is 37.2. The molecule has 12 rings (SSSR count). The predicted octanol–water partition coefficient (Wildman–Crippen LogP) is 20.7. The molecule has 0 saturated carbocycles. The van der Waals surface area contributed by atoms with Gasteiger partial charge in [-0.15, -0.1) is 0 Å². The Morgan fingerprint density at radius 3 is 1.08 bits per heavy atom. The molecule has 0 heterocycles. The molecule has 0 radical (unpaired) electrons. The Labute approximate surface area is 468 Å². The van der Waals surface area contributed by atoms with Crippen LogP contribution >= 0.6 is 0 Å². The monoisotopic (exact) mass is 1020 g/mol. The number of fused-ring (bicyclic) bond motifs is 6. The summed E-state index contributed by atoms with van der Waals surface area (Å²) in [5.41, 5.74) is 26.5. The van der Waals surface area contributed by atoms with Crippen molar-refractivity contribution in [2.75, 3.05) is 0 Å². The summed E-state index contributed by atoms with van der Waals surface area (Å²) in [4.78, 5) is 0. The maximum absolute atomic E-state index is 2.52. The maximum atomic E-state index is 2.52. The highest BCUT2D eigenvalue weighted by molar-refractivity contribution is 5.86. The molecule has 0 spiro atoms. The van der Waals surface area contributed by atoms with E-state index in [-0.39, 0.29) is 33.0 Å². The van der Waals surface area contributed by atoms with Crippen molar-refractivity contribution < 1.29 is 0 Å². The van der Waals surface area contributed by atoms with Crippen molar-refractivity contribution in [3.8, 4) is 22.3 Å². The summed E-state index contributed by atoms with van der Waals surface area (Å²) in [6.45, 7) is 27.7. The Bertz CT molecular complexity index is 3380. The van der Waals surface area contributed by atoms with E-state index in [2.05, 4.69) is 320 Å². The molecule has 0 unspecified atom stereocenters. The van der Waals surface area contributed by atoms with Gasteiger partial charge < -0.3 is 0 Å². The van der Waals surface area contributed by atoms with Crippen molar-refractivity contribution in [2.24, 2.45) is 0 Å². The largest absolute Gasteiger partial charge is 0.0804 e. The first kappa shape index (κ1) is 53.8. The molecule has 0 nitrogen and oxygen atoms in total. The predicted molar refractivity (Wildman–Crippen MR) is 336 cm³/mol. The van der Waals surface area contributed by atoms with Crippen LogP contribution in [0.3, 0.4) is 0 Å². The number of hydrogen-bond donors (Lipinski definition) is 0. The third-order valence-electron chi connectivity index (χ3n) is 16.6. The molecule has 4 aliphatic carbocycles. The van der Waals surface area contributed by atoms with Gasteiger partial charge in [-0.3, -0.25) is 0 Å². The van der Waals surface area contributed by atoms with E-state index in [1.165, 1.54) is 106 Å². The van der Waals surface area contributed by atoms with Crippen molar-refractivity contribution in [3.05, 3.63) is 315 Å². The minimum atomic E-state index is -0.359. The lowest BCUT2D eigenvalue weighted by molar-refractivity contribution is 0.537. The summed E-state index contributed by atoms with van der Waals surface area (Å²) in [7, 11) is 0. The lowest BCUT2D eigenvalue weighted by Gasteiger charge is -2.43. The topological polar surface area (TPSA) is 0 Å². The average Bonchev–Trinajstić information content (AvgIpc) is 4.38. The molecule has 0 aromatic heterocycles. The van der Waals surface area contributed by atoms with Crippen LogP contribution in [0.4, 0.5) is 0 Å². The second kappa shape index (κ2) is 21.4. The van der Waals surface area contributed by atoms with Crippen LogP contribution in [0, 0.1) is 0 Å². The van der Waals surface area contributed by atoms with Crippen molar-refractivity contribution in [3.63, 3.8) is 0 Å². The van der Waals surface area contributed by atoms with Crippen LogP contribution in [0.2, 0.25) is 0 Å². The molecule has 392 valence electrons. The van der Waals surface area contributed by atoms with Gasteiger partial charge in [-0.25, -0.2) is 0 Å². The summed E-state index contributed by atoms with van der Waals surface area (Å²) in [5.74, 6) is 0.144. The van der Waals surface area contributed by atoms with E-state index in [1.54, 1.807) is 0 Å². The quantitative estimate of drug-likeness (QED) is 0.156. The van der Waals surface area contributed by atoms with Crippen molar-refractivity contribution in [1.82, 2.24) is 0 Å². The highest BCUT2D eigenvalue weighted by atomic mass is 14.5. The Kier molecular flexibility index (Phi) is 14.7. The second-order valence-electron chi connectivity index (χ2n) is 26.1. The van der Waals surface area contributed by atoms with Gasteiger partial charge in [0.1, 0.15) is 0 Å². The number of benzene rings is 8. The van der Waals surface area contributed by atoms with E-state index in [9.17, 15) is 0 Å². The van der Waals surface area contributed by atoms with Gasteiger partial charge in [-0.2, -0.15) is 0 Å². The molecule has 0 amide bonds. The molecule has 78 heavy (non-hydrogen) atoms. The van der Waals surface area contributed by atoms with Gasteiger partial charge >= 0.3 is 0 Å². The second-order valence-corrected chi connectivity index (χ2v) is 26.1. The minimum absolute atomic E-state index is 0.0691. The standard InChI is InChI=1S/C39H40.C21H26.C18H14/c1-37(2,3)30-21-23-32-33-24-22-31(38(4,5)6)26-35(33)36(34(32)25-30)39(29-19-13-14-20-29,27-15-9-7-10-16-27)28-17-11-8-12-18-28;1-20(2,3)16-7-9-18-14(12-16)11-15-13-17(21(4,5)6)8-10-19(15)18;1-3-9-15(10-4-1)18(17-13-7-8-14-17)16-11-5-2-6-12-16/h7-13,15-26,36H,14H2,1-6H3;7-10,12-13H,11H2,1-6H3;1-14H. The summed E-state index contributed by atoms with van der Waals surface area (Å²) in [6.07, 6.45) is 17.7. The molecular weight excluding hydrogens is 937 g/mol. The Hall–Kier alpha value is -7.54. The van der Waals surface area contributed by atoms with Gasteiger partial charge in [-0.1, -0.05) is 320 Å². The zero-order chi connectivity index (χ0) is 55.0. The maximum Gasteiger partial charge on any atom is 0.0557 e. The van der Waals surface area contributed by atoms with Gasteiger partial charge in [-0.05, 0) is 140 Å². The molecule has 0 atom stereocenters. The fourth-order valence-corrected chi connectivity index (χ4v) is 12.2. The highest BCUT2D eigenvalue weighted by Gasteiger charge is 2.50. The van der Waals surface area contributed by atoms with Crippen molar-refractivity contribution in [2.45, 2.75) is 129 Å². The lowest BCUT2D eigenvalue weighted by atomic mass is 9.58. The molecule has 8 aromatic carbocycles. The first-order valence-electron chi connectivity index (χ1n) is 28.5. The van der Waals surface area contributed by atoms with Gasteiger partial charge in [0.2, 0.25) is 0 Å². The SMILES string of the molecule is C1=CC(=C(c2ccccc2)c2ccccc2)C=C1.CC(C)(C)c1ccc2c(c1)C(C(C1=CCC=C1)(c1ccccc1)c1ccccc1)c1cc(C(C)(C)C)ccc1-2.CC(C)(C)c1ccc2c(c1)Cc1cc(C(C)(C)C)ccc1-2. The van der Waals surface area contributed by atoms with Crippen LogP contribution in [0.15, 0.2) is 248 Å². The van der Waals surface area contributed by atoms with E-state index in [0.29, 0.717) is 0 Å². The smallest absolute Gasteiger partial charge is 0.0557 e. The summed E-state index contributed by atoms with van der Waals surface area (Å²) >= 11 is 0. The molecule has 0 fully saturated rings. The highest BCUT2D eigenvalue weighted by Crippen LogP contribution is 2.61. The van der Waals surface area contributed by atoms with E-state index in [4.69, 9.17) is 0 Å². The van der Waals surface area contributed by atoms with Crippen LogP contribution in [0.5, 0.6) is 0 Å². The molecule has 0 aliphatic heterocycles. The third kappa shape index (κ3) is 10.7. The van der Waals surface area contributed by atoms with Crippen LogP contribution in [-0.4, -0.2) is 0 Å². The third-order valence-corrected chi connectivity index (χ3v) is 16.6. The van der Waals surface area contributed by atoms with Gasteiger partial charge in [0, 0.05) is 5.92 Å². The number of hydrogen-bond acceptors (Lipinski definition) is 0. The molecular formula is C78H80. The Morgan fingerprint density at radius 2 is 0.718 bits per heavy atom. The fourth-order valence-electron chi connectivity index (χ4n) is 12.2. The minimum Gasteiger partial charge on any atom is -0.0804 e. The average molecular weight is 1020 g/mol. The van der Waals surface area contributed by atoms with Crippen molar-refractivity contribution >= 4 is 5.57 Å². The number of allylic oxidation sites excluding steroid dienone is 9. The number of rotatable bonds is 6. The van der Waals surface area contributed by atoms with Gasteiger partial charge in [0.05, 0.1) is 5.41 Å². The van der Waals surface area contributed by atoms with E-state index in [0.717, 1.165) is 12.8 Å². The van der Waals surface area contributed by atoms with Gasteiger partial charge in [0.25, 0.3) is 0 Å². The molecule has 0 heteroatoms. The normalized spacial score (nSPS) is 14.4. The molecule has 8 aromatic rings. The van der Waals surface area contributed by atoms with E-state index in [1.807, 2.05) is 0 Å². The fraction of sp³-hybridized carbons (Fsp3) is 0.256. The molecule has 4 aliphatic rings. The molecule has 0 saturated heterocycles. The Balaban J connectivity index is 0.000000148. The van der Waals surface area contributed by atoms with Gasteiger partial charge in [0.15, 0.2) is 0 Å². The summed E-state index contributed by atoms with van der Waals surface area (Å²) < 4.78 is 0. The lowest BCUT2D eigenvalue weighted by Crippen LogP contribution is -2.37. The summed E-state index contributed by atoms with van der Waals surface area (Å²) in [5, 5.41) is 0.